The largest absolute Gasteiger partial charge is 0.355 e. The number of carbonyl (C=O) groups is 2. The smallest absolute Gasteiger partial charge is 0.227 e. The molecule has 0 radical (unpaired) electrons. The lowest BCUT2D eigenvalue weighted by molar-refractivity contribution is -0.130. The summed E-state index contributed by atoms with van der Waals surface area (Å²) in [6.07, 6.45) is 0.969. The summed E-state index contributed by atoms with van der Waals surface area (Å²) in [7, 11) is 0. The Bertz CT molecular complexity index is 291. The van der Waals surface area contributed by atoms with Crippen LogP contribution in [0.25, 0.3) is 0 Å². The molecule has 5 nitrogen and oxygen atoms in total. The predicted octanol–water partition coefficient (Wildman–Crippen LogP) is 0.782. The van der Waals surface area contributed by atoms with E-state index in [4.69, 9.17) is 5.73 Å². The van der Waals surface area contributed by atoms with Crippen molar-refractivity contribution < 1.29 is 9.59 Å². The Labute approximate surface area is 110 Å². The molecule has 0 rings (SSSR count). The van der Waals surface area contributed by atoms with Crippen LogP contribution in [-0.2, 0) is 9.59 Å². The van der Waals surface area contributed by atoms with Crippen LogP contribution in [0.15, 0.2) is 0 Å². The number of nitrogens with two attached hydrogens (primary N) is 1. The highest BCUT2D eigenvalue weighted by molar-refractivity contribution is 5.83. The van der Waals surface area contributed by atoms with Crippen molar-refractivity contribution in [3.05, 3.63) is 0 Å². The molecule has 0 saturated carbocycles. The van der Waals surface area contributed by atoms with Crippen LogP contribution in [0.1, 0.15) is 47.5 Å². The van der Waals surface area contributed by atoms with Gasteiger partial charge in [-0.1, -0.05) is 6.92 Å². The van der Waals surface area contributed by atoms with Crippen molar-refractivity contribution in [3.8, 4) is 0 Å². The van der Waals surface area contributed by atoms with Gasteiger partial charge in [0.1, 0.15) is 0 Å². The quantitative estimate of drug-likeness (QED) is 0.657. The van der Waals surface area contributed by atoms with Crippen molar-refractivity contribution in [2.24, 2.45) is 11.1 Å². The fourth-order valence-electron chi connectivity index (χ4n) is 1.38. The van der Waals surface area contributed by atoms with Crippen LogP contribution in [0.5, 0.6) is 0 Å². The molecule has 0 aliphatic rings. The number of carbonyl (C=O) groups excluding carboxylic acids is 2. The topological polar surface area (TPSA) is 84.2 Å². The molecule has 0 spiro atoms. The average molecular weight is 257 g/mol. The molecule has 0 saturated heterocycles. The van der Waals surface area contributed by atoms with Crippen LogP contribution in [0.2, 0.25) is 0 Å². The Kier molecular flexibility index (Phi) is 6.32. The maximum absolute atomic E-state index is 11.9. The second-order valence-electron chi connectivity index (χ2n) is 5.92. The van der Waals surface area contributed by atoms with E-state index in [0.29, 0.717) is 19.5 Å². The van der Waals surface area contributed by atoms with Crippen molar-refractivity contribution >= 4 is 11.8 Å². The standard InChI is InChI=1S/C13H27N3O2/c1-6-13(5,9-14)11(18)15-8-7-10(17)16-12(2,3)4/h6-9,14H2,1-5H3,(H,15,18)(H,16,17). The van der Waals surface area contributed by atoms with Gasteiger partial charge in [0, 0.05) is 25.0 Å². The van der Waals surface area contributed by atoms with Gasteiger partial charge in [0.15, 0.2) is 0 Å². The highest BCUT2D eigenvalue weighted by Crippen LogP contribution is 2.18. The minimum Gasteiger partial charge on any atom is -0.355 e. The Morgan fingerprint density at radius 2 is 1.72 bits per heavy atom. The summed E-state index contributed by atoms with van der Waals surface area (Å²) < 4.78 is 0. The van der Waals surface area contributed by atoms with E-state index < -0.39 is 5.41 Å². The lowest BCUT2D eigenvalue weighted by Crippen LogP contribution is -2.45. The number of amides is 2. The first-order valence-electron chi connectivity index (χ1n) is 6.44. The maximum Gasteiger partial charge on any atom is 0.227 e. The van der Waals surface area contributed by atoms with Crippen LogP contribution >= 0.6 is 0 Å². The van der Waals surface area contributed by atoms with Crippen molar-refractivity contribution in [2.45, 2.75) is 53.0 Å². The lowest BCUT2D eigenvalue weighted by atomic mass is 9.87. The maximum atomic E-state index is 11.9. The fraction of sp³-hybridized carbons (Fsp3) is 0.846. The SMILES string of the molecule is CCC(C)(CN)C(=O)NCCC(=O)NC(C)(C)C. The molecule has 0 aromatic carbocycles. The van der Waals surface area contributed by atoms with Crippen molar-refractivity contribution in [1.82, 2.24) is 10.6 Å². The van der Waals surface area contributed by atoms with Crippen LogP contribution in [-0.4, -0.2) is 30.4 Å². The zero-order valence-electron chi connectivity index (χ0n) is 12.2. The zero-order valence-corrected chi connectivity index (χ0v) is 12.2. The zero-order chi connectivity index (χ0) is 14.4. The number of hydrogen-bond donors (Lipinski definition) is 3. The van der Waals surface area contributed by atoms with Gasteiger partial charge in [-0.25, -0.2) is 0 Å². The Morgan fingerprint density at radius 3 is 2.11 bits per heavy atom. The van der Waals surface area contributed by atoms with Crippen LogP contribution < -0.4 is 16.4 Å². The van der Waals surface area contributed by atoms with Gasteiger partial charge >= 0.3 is 0 Å². The van der Waals surface area contributed by atoms with Gasteiger partial charge in [0.2, 0.25) is 11.8 Å². The summed E-state index contributed by atoms with van der Waals surface area (Å²) >= 11 is 0. The van der Waals surface area contributed by atoms with E-state index in [-0.39, 0.29) is 23.8 Å². The summed E-state index contributed by atoms with van der Waals surface area (Å²) in [5.74, 6) is -0.148. The molecule has 18 heavy (non-hydrogen) atoms. The molecule has 5 heteroatoms. The van der Waals surface area contributed by atoms with Crippen LogP contribution in [0.4, 0.5) is 0 Å². The third kappa shape index (κ3) is 6.00. The van der Waals surface area contributed by atoms with Crippen molar-refractivity contribution in [2.75, 3.05) is 13.1 Å². The minimum absolute atomic E-state index is 0.0613. The monoisotopic (exact) mass is 257 g/mol. The first-order chi connectivity index (χ1) is 8.14. The van der Waals surface area contributed by atoms with E-state index in [0.717, 1.165) is 0 Å². The third-order valence-corrected chi connectivity index (χ3v) is 2.93. The van der Waals surface area contributed by atoms with Crippen molar-refractivity contribution in [3.63, 3.8) is 0 Å². The molecule has 0 bridgehead atoms. The second-order valence-corrected chi connectivity index (χ2v) is 5.92. The Balaban J connectivity index is 4.06. The molecule has 4 N–H and O–H groups in total. The van der Waals surface area contributed by atoms with Crippen molar-refractivity contribution in [1.29, 1.82) is 0 Å². The van der Waals surface area contributed by atoms with Gasteiger partial charge in [-0.3, -0.25) is 9.59 Å². The molecule has 2 amide bonds. The van der Waals surface area contributed by atoms with Gasteiger partial charge < -0.3 is 16.4 Å². The summed E-state index contributed by atoms with van der Waals surface area (Å²) in [4.78, 5) is 23.4. The Hall–Kier alpha value is -1.10. The van der Waals surface area contributed by atoms with Gasteiger partial charge in [-0.15, -0.1) is 0 Å². The summed E-state index contributed by atoms with van der Waals surface area (Å²) in [5, 5.41) is 5.61. The fourth-order valence-corrected chi connectivity index (χ4v) is 1.38. The number of hydrogen-bond acceptors (Lipinski definition) is 3. The highest BCUT2D eigenvalue weighted by atomic mass is 16.2. The molecule has 1 unspecified atom stereocenters. The van der Waals surface area contributed by atoms with Gasteiger partial charge in [0.05, 0.1) is 5.41 Å². The Morgan fingerprint density at radius 1 is 1.17 bits per heavy atom. The van der Waals surface area contributed by atoms with Crippen LogP contribution in [0, 0.1) is 5.41 Å². The molecular formula is C13H27N3O2. The van der Waals surface area contributed by atoms with Crippen LogP contribution in [0.3, 0.4) is 0 Å². The molecule has 0 aromatic rings. The first-order valence-corrected chi connectivity index (χ1v) is 6.44. The molecule has 0 heterocycles. The second kappa shape index (κ2) is 6.73. The number of rotatable bonds is 6. The van der Waals surface area contributed by atoms with E-state index in [1.54, 1.807) is 0 Å². The number of nitrogens with one attached hydrogen (secondary N) is 2. The molecule has 0 aliphatic heterocycles. The van der Waals surface area contributed by atoms with E-state index in [1.165, 1.54) is 0 Å². The molecule has 0 aliphatic carbocycles. The van der Waals surface area contributed by atoms with E-state index in [2.05, 4.69) is 10.6 Å². The molecule has 1 atom stereocenters. The summed E-state index contributed by atoms with van der Waals surface area (Å²) in [6.45, 7) is 10.2. The van der Waals surface area contributed by atoms with Gasteiger partial charge in [0.25, 0.3) is 0 Å². The molecule has 0 fully saturated rings. The summed E-state index contributed by atoms with van der Waals surface area (Å²) in [5.41, 5.74) is 4.81. The first kappa shape index (κ1) is 16.9. The van der Waals surface area contributed by atoms with Gasteiger partial charge in [-0.2, -0.15) is 0 Å². The minimum atomic E-state index is -0.541. The lowest BCUT2D eigenvalue weighted by Gasteiger charge is -2.25. The van der Waals surface area contributed by atoms with Gasteiger partial charge in [-0.05, 0) is 34.1 Å². The summed E-state index contributed by atoms with van der Waals surface area (Å²) in [6, 6.07) is 0. The molecule has 0 aromatic heterocycles. The van der Waals surface area contributed by atoms with E-state index in [9.17, 15) is 9.59 Å². The predicted molar refractivity (Wildman–Crippen MR) is 73.0 cm³/mol. The average Bonchev–Trinajstić information content (AvgIpc) is 2.25. The highest BCUT2D eigenvalue weighted by Gasteiger charge is 2.29. The third-order valence-electron chi connectivity index (χ3n) is 2.93. The normalized spacial score (nSPS) is 14.8. The molecule has 106 valence electrons. The van der Waals surface area contributed by atoms with E-state index in [1.807, 2.05) is 34.6 Å². The molecular weight excluding hydrogens is 230 g/mol. The van der Waals surface area contributed by atoms with E-state index >= 15 is 0 Å².